The Morgan fingerprint density at radius 2 is 2.00 bits per heavy atom. The van der Waals surface area contributed by atoms with Crippen LogP contribution in [-0.2, 0) is 6.42 Å². The van der Waals surface area contributed by atoms with Crippen molar-refractivity contribution in [1.82, 2.24) is 5.32 Å². The average molecular weight is 236 g/mol. The van der Waals surface area contributed by atoms with Gasteiger partial charge in [0.15, 0.2) is 0 Å². The number of anilines is 1. The lowest BCUT2D eigenvalue weighted by atomic mass is 10.1. The minimum absolute atomic E-state index is 0.163. The van der Waals surface area contributed by atoms with E-state index >= 15 is 0 Å². The van der Waals surface area contributed by atoms with Gasteiger partial charge >= 0.3 is 0 Å². The van der Waals surface area contributed by atoms with Crippen molar-refractivity contribution in [3.63, 3.8) is 0 Å². The van der Waals surface area contributed by atoms with E-state index < -0.39 is 0 Å². The number of nitrogens with two attached hydrogens (primary N) is 1. The number of nitrogens with one attached hydrogen (secondary N) is 1. The van der Waals surface area contributed by atoms with E-state index in [2.05, 4.69) is 32.2 Å². The van der Waals surface area contributed by atoms with E-state index in [9.17, 15) is 0 Å². The van der Waals surface area contributed by atoms with Crippen molar-refractivity contribution in [2.75, 3.05) is 18.9 Å². The van der Waals surface area contributed by atoms with E-state index in [-0.39, 0.29) is 5.54 Å². The van der Waals surface area contributed by atoms with Crippen LogP contribution in [0.25, 0.3) is 0 Å². The predicted molar refractivity (Wildman–Crippen MR) is 73.5 cm³/mol. The molecular weight excluding hydrogens is 212 g/mol. The Bertz CT molecular complexity index is 356. The topological polar surface area (TPSA) is 47.3 Å². The lowest BCUT2D eigenvalue weighted by molar-refractivity contribution is 0.342. The van der Waals surface area contributed by atoms with Crippen molar-refractivity contribution < 1.29 is 4.74 Å². The molecule has 0 radical (unpaired) electrons. The van der Waals surface area contributed by atoms with Crippen LogP contribution in [0.15, 0.2) is 18.2 Å². The molecule has 0 fully saturated rings. The largest absolute Gasteiger partial charge is 0.492 e. The van der Waals surface area contributed by atoms with Gasteiger partial charge in [0.2, 0.25) is 0 Å². The van der Waals surface area contributed by atoms with Crippen LogP contribution in [0.3, 0.4) is 0 Å². The summed E-state index contributed by atoms with van der Waals surface area (Å²) in [5.74, 6) is 0.778. The van der Waals surface area contributed by atoms with Gasteiger partial charge in [-0.1, -0.05) is 6.07 Å². The predicted octanol–water partition coefficient (Wildman–Crippen LogP) is 2.60. The van der Waals surface area contributed by atoms with E-state index in [1.807, 2.05) is 19.1 Å². The fourth-order valence-electron chi connectivity index (χ4n) is 1.62. The first kappa shape index (κ1) is 13.8. The molecule has 0 aliphatic heterocycles. The summed E-state index contributed by atoms with van der Waals surface area (Å²) in [6.45, 7) is 10.1. The maximum atomic E-state index is 5.92. The van der Waals surface area contributed by atoms with E-state index in [4.69, 9.17) is 10.5 Å². The second-order valence-electron chi connectivity index (χ2n) is 5.23. The number of ether oxygens (including phenoxy) is 1. The Morgan fingerprint density at radius 1 is 1.29 bits per heavy atom. The SMILES string of the molecule is CCOc1ccc(CCNC(C)(C)C)cc1N. The Morgan fingerprint density at radius 3 is 2.53 bits per heavy atom. The Hall–Kier alpha value is -1.22. The molecule has 17 heavy (non-hydrogen) atoms. The molecule has 96 valence electrons. The summed E-state index contributed by atoms with van der Waals surface area (Å²) in [4.78, 5) is 0. The van der Waals surface area contributed by atoms with Gasteiger partial charge in [0.1, 0.15) is 5.75 Å². The molecule has 0 saturated heterocycles. The number of hydrogen-bond donors (Lipinski definition) is 2. The molecule has 3 nitrogen and oxygen atoms in total. The van der Waals surface area contributed by atoms with E-state index in [0.29, 0.717) is 6.61 Å². The lowest BCUT2D eigenvalue weighted by Crippen LogP contribution is -2.37. The first-order chi connectivity index (χ1) is 7.92. The van der Waals surface area contributed by atoms with Crippen molar-refractivity contribution in [3.05, 3.63) is 23.8 Å². The minimum Gasteiger partial charge on any atom is -0.492 e. The molecule has 1 rings (SSSR count). The molecule has 0 atom stereocenters. The van der Waals surface area contributed by atoms with Crippen LogP contribution in [0, 0.1) is 0 Å². The van der Waals surface area contributed by atoms with Crippen LogP contribution >= 0.6 is 0 Å². The Labute approximate surface area is 104 Å². The molecule has 0 unspecified atom stereocenters. The first-order valence-electron chi connectivity index (χ1n) is 6.18. The number of benzene rings is 1. The number of hydrogen-bond acceptors (Lipinski definition) is 3. The van der Waals surface area contributed by atoms with Gasteiger partial charge in [0.25, 0.3) is 0 Å². The molecule has 0 saturated carbocycles. The van der Waals surface area contributed by atoms with Gasteiger partial charge in [-0.25, -0.2) is 0 Å². The van der Waals surface area contributed by atoms with Crippen molar-refractivity contribution in [2.45, 2.75) is 39.7 Å². The summed E-state index contributed by atoms with van der Waals surface area (Å²) in [7, 11) is 0. The van der Waals surface area contributed by atoms with Gasteiger partial charge in [0, 0.05) is 5.54 Å². The monoisotopic (exact) mass is 236 g/mol. The van der Waals surface area contributed by atoms with Crippen molar-refractivity contribution in [2.24, 2.45) is 0 Å². The molecule has 0 bridgehead atoms. The van der Waals surface area contributed by atoms with E-state index in [1.54, 1.807) is 0 Å². The second kappa shape index (κ2) is 5.92. The summed E-state index contributed by atoms with van der Waals surface area (Å²) < 4.78 is 5.41. The second-order valence-corrected chi connectivity index (χ2v) is 5.23. The maximum absolute atomic E-state index is 5.92. The highest BCUT2D eigenvalue weighted by atomic mass is 16.5. The summed E-state index contributed by atoms with van der Waals surface area (Å²) in [5.41, 5.74) is 8.04. The fraction of sp³-hybridized carbons (Fsp3) is 0.571. The quantitative estimate of drug-likeness (QED) is 0.773. The van der Waals surface area contributed by atoms with Crippen molar-refractivity contribution in [1.29, 1.82) is 0 Å². The van der Waals surface area contributed by atoms with Gasteiger partial charge in [-0.15, -0.1) is 0 Å². The van der Waals surface area contributed by atoms with Crippen LogP contribution in [-0.4, -0.2) is 18.7 Å². The van der Waals surface area contributed by atoms with Gasteiger partial charge in [0.05, 0.1) is 12.3 Å². The third-order valence-corrected chi connectivity index (χ3v) is 2.44. The molecule has 0 spiro atoms. The lowest BCUT2D eigenvalue weighted by Gasteiger charge is -2.20. The molecule has 3 heteroatoms. The Balaban J connectivity index is 2.53. The van der Waals surface area contributed by atoms with E-state index in [0.717, 1.165) is 24.4 Å². The van der Waals surface area contributed by atoms with Gasteiger partial charge in [-0.2, -0.15) is 0 Å². The zero-order chi connectivity index (χ0) is 12.9. The van der Waals surface area contributed by atoms with Gasteiger partial charge < -0.3 is 15.8 Å². The highest BCUT2D eigenvalue weighted by Gasteiger charge is 2.08. The summed E-state index contributed by atoms with van der Waals surface area (Å²) >= 11 is 0. The maximum Gasteiger partial charge on any atom is 0.142 e. The average Bonchev–Trinajstić information content (AvgIpc) is 2.20. The molecule has 0 heterocycles. The van der Waals surface area contributed by atoms with Crippen molar-refractivity contribution in [3.8, 4) is 5.75 Å². The van der Waals surface area contributed by atoms with Crippen LogP contribution < -0.4 is 15.8 Å². The highest BCUT2D eigenvalue weighted by Crippen LogP contribution is 2.22. The molecule has 1 aromatic rings. The van der Waals surface area contributed by atoms with Crippen molar-refractivity contribution >= 4 is 5.69 Å². The normalized spacial score (nSPS) is 11.5. The third-order valence-electron chi connectivity index (χ3n) is 2.44. The number of rotatable bonds is 5. The summed E-state index contributed by atoms with van der Waals surface area (Å²) in [6.07, 6.45) is 0.980. The molecule has 0 aromatic heterocycles. The summed E-state index contributed by atoms with van der Waals surface area (Å²) in [5, 5.41) is 3.46. The standard InChI is InChI=1S/C14H24N2O/c1-5-17-13-7-6-11(10-12(13)15)8-9-16-14(2,3)4/h6-7,10,16H,5,8-9,15H2,1-4H3. The van der Waals surface area contributed by atoms with Crippen LogP contribution in [0.2, 0.25) is 0 Å². The zero-order valence-electron chi connectivity index (χ0n) is 11.3. The molecular formula is C14H24N2O. The molecule has 0 aliphatic carbocycles. The van der Waals surface area contributed by atoms with Crippen LogP contribution in [0.4, 0.5) is 5.69 Å². The third kappa shape index (κ3) is 5.09. The molecule has 1 aromatic carbocycles. The fourth-order valence-corrected chi connectivity index (χ4v) is 1.62. The van der Waals surface area contributed by atoms with Crippen LogP contribution in [0.5, 0.6) is 5.75 Å². The number of nitrogen functional groups attached to an aromatic ring is 1. The van der Waals surface area contributed by atoms with Gasteiger partial charge in [-0.3, -0.25) is 0 Å². The van der Waals surface area contributed by atoms with Crippen LogP contribution in [0.1, 0.15) is 33.3 Å². The first-order valence-corrected chi connectivity index (χ1v) is 6.18. The molecule has 0 amide bonds. The minimum atomic E-state index is 0.163. The summed E-state index contributed by atoms with van der Waals surface area (Å²) in [6, 6.07) is 6.02. The Kier molecular flexibility index (Phi) is 4.82. The smallest absolute Gasteiger partial charge is 0.142 e. The highest BCUT2D eigenvalue weighted by molar-refractivity contribution is 5.54. The molecule has 0 aliphatic rings. The van der Waals surface area contributed by atoms with E-state index in [1.165, 1.54) is 5.56 Å². The zero-order valence-corrected chi connectivity index (χ0v) is 11.3. The molecule has 3 N–H and O–H groups in total. The van der Waals surface area contributed by atoms with Gasteiger partial charge in [-0.05, 0) is 58.4 Å².